The largest absolute Gasteiger partial charge is 0.435 e. The van der Waals surface area contributed by atoms with Crippen LogP contribution in [0.5, 0.6) is 0 Å². The molecule has 1 aliphatic rings. The lowest BCUT2D eigenvalue weighted by Gasteiger charge is -2.30. The number of hydrogen-bond acceptors (Lipinski definition) is 3. The van der Waals surface area contributed by atoms with Crippen LogP contribution in [-0.2, 0) is 24.6 Å². The summed E-state index contributed by atoms with van der Waals surface area (Å²) in [7, 11) is 2.93. The van der Waals surface area contributed by atoms with Crippen LogP contribution in [0.25, 0.3) is 0 Å². The molecule has 0 aliphatic carbocycles. The van der Waals surface area contributed by atoms with Crippen molar-refractivity contribution in [2.45, 2.75) is 12.7 Å². The second-order valence-corrected chi connectivity index (χ2v) is 4.72. The van der Waals surface area contributed by atoms with Gasteiger partial charge in [0.1, 0.15) is 0 Å². The summed E-state index contributed by atoms with van der Waals surface area (Å²) in [5.74, 6) is -0.272. The van der Waals surface area contributed by atoms with Gasteiger partial charge in [-0.15, -0.1) is 12.4 Å². The summed E-state index contributed by atoms with van der Waals surface area (Å²) in [6, 6.07) is 0. The molecule has 2 heterocycles. The number of nitrogens with one attached hydrogen (secondary N) is 1. The normalized spacial score (nSPS) is 15.4. The van der Waals surface area contributed by atoms with Crippen molar-refractivity contribution in [2.24, 2.45) is 13.0 Å². The van der Waals surface area contributed by atoms with Gasteiger partial charge in [0.15, 0.2) is 5.69 Å². The van der Waals surface area contributed by atoms with Crippen molar-refractivity contribution in [1.29, 1.82) is 0 Å². The third-order valence-electron chi connectivity index (χ3n) is 3.09. The summed E-state index contributed by atoms with van der Waals surface area (Å²) in [4.78, 5) is 13.2. The quantitative estimate of drug-likeness (QED) is 0.907. The van der Waals surface area contributed by atoms with Gasteiger partial charge in [-0.05, 0) is 0 Å². The van der Waals surface area contributed by atoms with Crippen LogP contribution in [0.4, 0.5) is 13.2 Å². The van der Waals surface area contributed by atoms with Crippen molar-refractivity contribution in [1.82, 2.24) is 20.0 Å². The number of aromatic nitrogens is 2. The molecule has 1 amide bonds. The zero-order valence-electron chi connectivity index (χ0n) is 11.1. The summed E-state index contributed by atoms with van der Waals surface area (Å²) in [6.07, 6.45) is -3.20. The van der Waals surface area contributed by atoms with E-state index in [-0.39, 0.29) is 36.3 Å². The Bertz CT molecular complexity index is 485. The molecule has 9 heteroatoms. The van der Waals surface area contributed by atoms with Crippen LogP contribution in [0.3, 0.4) is 0 Å². The van der Waals surface area contributed by atoms with Crippen molar-refractivity contribution in [3.63, 3.8) is 0 Å². The second-order valence-electron chi connectivity index (χ2n) is 4.72. The zero-order valence-corrected chi connectivity index (χ0v) is 11.9. The molecule has 0 atom stereocenters. The molecule has 0 radical (unpaired) electrons. The number of halogens is 4. The summed E-state index contributed by atoms with van der Waals surface area (Å²) >= 11 is 0. The van der Waals surface area contributed by atoms with Crippen LogP contribution in [0.1, 0.15) is 11.3 Å². The van der Waals surface area contributed by atoms with Gasteiger partial charge < -0.3 is 10.2 Å². The molecule has 1 aliphatic heterocycles. The van der Waals surface area contributed by atoms with Crippen molar-refractivity contribution in [3.8, 4) is 0 Å². The van der Waals surface area contributed by atoms with E-state index >= 15 is 0 Å². The Morgan fingerprint density at radius 3 is 2.60 bits per heavy atom. The number of alkyl halides is 3. The van der Waals surface area contributed by atoms with E-state index in [4.69, 9.17) is 0 Å². The number of amides is 1. The van der Waals surface area contributed by atoms with Crippen LogP contribution in [0, 0.1) is 5.92 Å². The molecule has 1 aromatic rings. The fraction of sp³-hybridized carbons (Fsp3) is 0.636. The monoisotopic (exact) mass is 312 g/mol. The summed E-state index contributed by atoms with van der Waals surface area (Å²) in [5.41, 5.74) is -0.917. The van der Waals surface area contributed by atoms with E-state index < -0.39 is 11.9 Å². The highest BCUT2D eigenvalue weighted by Gasteiger charge is 2.37. The van der Waals surface area contributed by atoms with Crippen LogP contribution < -0.4 is 5.32 Å². The number of rotatable bonds is 3. The molecule has 1 N–H and O–H groups in total. The van der Waals surface area contributed by atoms with Crippen LogP contribution in [0.2, 0.25) is 0 Å². The fourth-order valence-electron chi connectivity index (χ4n) is 2.00. The topological polar surface area (TPSA) is 50.2 Å². The van der Waals surface area contributed by atoms with Gasteiger partial charge in [0.05, 0.1) is 5.92 Å². The number of nitrogens with zero attached hydrogens (tertiary/aromatic N) is 3. The average molecular weight is 313 g/mol. The van der Waals surface area contributed by atoms with Crippen LogP contribution in [-0.4, -0.2) is 40.7 Å². The molecule has 1 aromatic heterocycles. The van der Waals surface area contributed by atoms with Gasteiger partial charge in [-0.1, -0.05) is 0 Å². The molecule has 1 saturated heterocycles. The lowest BCUT2D eigenvalue weighted by Crippen LogP contribution is -2.51. The first-order valence-electron chi connectivity index (χ1n) is 5.84. The Kier molecular flexibility index (Phi) is 5.04. The highest BCUT2D eigenvalue weighted by atomic mass is 35.5. The summed E-state index contributed by atoms with van der Waals surface area (Å²) in [6.45, 7) is 1.09. The Morgan fingerprint density at radius 2 is 2.15 bits per heavy atom. The van der Waals surface area contributed by atoms with Gasteiger partial charge >= 0.3 is 6.18 Å². The van der Waals surface area contributed by atoms with Gasteiger partial charge in [-0.25, -0.2) is 0 Å². The van der Waals surface area contributed by atoms with Gasteiger partial charge in [0.25, 0.3) is 0 Å². The SMILES string of the molecule is CN(Cc1cn(C)nc1C(F)(F)F)C(=O)C1CNC1.Cl. The first-order valence-corrected chi connectivity index (χ1v) is 5.84. The van der Waals surface area contributed by atoms with E-state index in [1.165, 1.54) is 25.2 Å². The van der Waals surface area contributed by atoms with Crippen molar-refractivity contribution >= 4 is 18.3 Å². The Morgan fingerprint density at radius 1 is 1.55 bits per heavy atom. The third kappa shape index (κ3) is 3.43. The van der Waals surface area contributed by atoms with Crippen molar-refractivity contribution in [3.05, 3.63) is 17.5 Å². The van der Waals surface area contributed by atoms with Crippen molar-refractivity contribution in [2.75, 3.05) is 20.1 Å². The Balaban J connectivity index is 0.00000200. The Hall–Kier alpha value is -1.28. The number of hydrogen-bond donors (Lipinski definition) is 1. The predicted octanol–water partition coefficient (Wildman–Crippen LogP) is 1.04. The molecular formula is C11H16ClF3N4O. The third-order valence-corrected chi connectivity index (χ3v) is 3.09. The minimum absolute atomic E-state index is 0. The van der Waals surface area contributed by atoms with Gasteiger partial charge in [-0.2, -0.15) is 18.3 Å². The van der Waals surface area contributed by atoms with E-state index in [0.717, 1.165) is 4.68 Å². The number of aryl methyl sites for hydroxylation is 1. The zero-order chi connectivity index (χ0) is 14.2. The molecule has 0 unspecified atom stereocenters. The maximum absolute atomic E-state index is 12.8. The average Bonchev–Trinajstić information content (AvgIpc) is 2.56. The van der Waals surface area contributed by atoms with Gasteiger partial charge in [0.2, 0.25) is 5.91 Å². The van der Waals surface area contributed by atoms with Gasteiger partial charge in [-0.3, -0.25) is 9.48 Å². The minimum Gasteiger partial charge on any atom is -0.341 e. The highest BCUT2D eigenvalue weighted by Crippen LogP contribution is 2.31. The molecule has 1 fully saturated rings. The standard InChI is InChI=1S/C11H15F3N4O.ClH/c1-17(10(19)7-3-15-4-7)5-8-6-18(2)16-9(8)11(12,13)14;/h6-7,15H,3-5H2,1-2H3;1H. The van der Waals surface area contributed by atoms with E-state index in [9.17, 15) is 18.0 Å². The summed E-state index contributed by atoms with van der Waals surface area (Å²) < 4.78 is 39.4. The van der Waals surface area contributed by atoms with Gasteiger partial charge in [0, 0.05) is 45.5 Å². The van der Waals surface area contributed by atoms with E-state index in [1.54, 1.807) is 0 Å². The summed E-state index contributed by atoms with van der Waals surface area (Å²) in [5, 5.41) is 6.37. The molecule has 20 heavy (non-hydrogen) atoms. The first kappa shape index (κ1) is 16.8. The van der Waals surface area contributed by atoms with E-state index in [2.05, 4.69) is 10.4 Å². The first-order chi connectivity index (χ1) is 8.79. The molecule has 5 nitrogen and oxygen atoms in total. The lowest BCUT2D eigenvalue weighted by atomic mass is 10.0. The molecule has 0 spiro atoms. The number of carbonyl (C=O) groups is 1. The van der Waals surface area contributed by atoms with E-state index in [0.29, 0.717) is 13.1 Å². The molecule has 114 valence electrons. The van der Waals surface area contributed by atoms with Crippen molar-refractivity contribution < 1.29 is 18.0 Å². The number of carbonyl (C=O) groups excluding carboxylic acids is 1. The second kappa shape index (κ2) is 6.01. The fourth-order valence-corrected chi connectivity index (χ4v) is 2.00. The molecule has 0 bridgehead atoms. The molecule has 2 rings (SSSR count). The molecular weight excluding hydrogens is 297 g/mol. The predicted molar refractivity (Wildman–Crippen MR) is 68.3 cm³/mol. The van der Waals surface area contributed by atoms with Crippen LogP contribution in [0.15, 0.2) is 6.20 Å². The maximum atomic E-state index is 12.8. The maximum Gasteiger partial charge on any atom is 0.435 e. The smallest absolute Gasteiger partial charge is 0.341 e. The van der Waals surface area contributed by atoms with E-state index in [1.807, 2.05) is 0 Å². The minimum atomic E-state index is -4.50. The highest BCUT2D eigenvalue weighted by molar-refractivity contribution is 5.85. The lowest BCUT2D eigenvalue weighted by molar-refractivity contribution is -0.143. The molecule has 0 aromatic carbocycles. The molecule has 0 saturated carbocycles. The van der Waals surface area contributed by atoms with Crippen LogP contribution >= 0.6 is 12.4 Å². The Labute approximate surface area is 120 Å².